The van der Waals surface area contributed by atoms with Crippen molar-refractivity contribution in [2.45, 2.75) is 19.9 Å². The van der Waals surface area contributed by atoms with Crippen LogP contribution in [-0.4, -0.2) is 30.2 Å². The van der Waals surface area contributed by atoms with Gasteiger partial charge in [-0.1, -0.05) is 13.8 Å². The van der Waals surface area contributed by atoms with E-state index >= 15 is 0 Å². The molecule has 12 heavy (non-hydrogen) atoms. The third kappa shape index (κ3) is 1.03. The quantitative estimate of drug-likeness (QED) is 0.515. The first-order valence-corrected chi connectivity index (χ1v) is 4.48. The van der Waals surface area contributed by atoms with Crippen LogP contribution in [0.15, 0.2) is 0 Å². The molecule has 2 aliphatic rings. The van der Waals surface area contributed by atoms with Crippen molar-refractivity contribution >= 4 is 5.91 Å². The second-order valence-corrected chi connectivity index (χ2v) is 3.81. The summed E-state index contributed by atoms with van der Waals surface area (Å²) in [7, 11) is 0. The van der Waals surface area contributed by atoms with Crippen LogP contribution in [-0.2, 0) is 4.79 Å². The standard InChI is InChI=1S/C8H15N3O/c1-5-3-11-7(6(5)2)8(12)9-4-10-11/h5-7,10H,3-4H2,1-2H3,(H,9,12). The SMILES string of the molecule is CC1CN2NCNC(=O)C2C1C. The second-order valence-electron chi connectivity index (χ2n) is 3.81. The number of hydrazine groups is 1. The Morgan fingerprint density at radius 2 is 2.25 bits per heavy atom. The van der Waals surface area contributed by atoms with Gasteiger partial charge in [0.25, 0.3) is 0 Å². The largest absolute Gasteiger partial charge is 0.341 e. The van der Waals surface area contributed by atoms with Crippen LogP contribution in [0.3, 0.4) is 0 Å². The molecule has 0 radical (unpaired) electrons. The van der Waals surface area contributed by atoms with Gasteiger partial charge in [0.1, 0.15) is 6.04 Å². The van der Waals surface area contributed by atoms with Gasteiger partial charge in [0.2, 0.25) is 5.91 Å². The summed E-state index contributed by atoms with van der Waals surface area (Å²) in [5.41, 5.74) is 3.17. The van der Waals surface area contributed by atoms with E-state index in [1.165, 1.54) is 0 Å². The summed E-state index contributed by atoms with van der Waals surface area (Å²) in [5, 5.41) is 4.88. The molecule has 0 aliphatic carbocycles. The molecule has 3 unspecified atom stereocenters. The van der Waals surface area contributed by atoms with E-state index in [2.05, 4.69) is 29.6 Å². The molecule has 68 valence electrons. The van der Waals surface area contributed by atoms with Crippen LogP contribution in [0.5, 0.6) is 0 Å². The molecule has 0 saturated carbocycles. The van der Waals surface area contributed by atoms with Gasteiger partial charge in [-0.05, 0) is 11.8 Å². The Labute approximate surface area is 72.3 Å². The summed E-state index contributed by atoms with van der Waals surface area (Å²) in [6.07, 6.45) is 0. The lowest BCUT2D eigenvalue weighted by molar-refractivity contribution is -0.131. The number of hydrogen-bond donors (Lipinski definition) is 2. The summed E-state index contributed by atoms with van der Waals surface area (Å²) in [6, 6.07) is 0.0498. The molecule has 4 heteroatoms. The molecule has 2 heterocycles. The van der Waals surface area contributed by atoms with Gasteiger partial charge in [0.15, 0.2) is 0 Å². The Bertz CT molecular complexity index is 206. The Morgan fingerprint density at radius 1 is 1.50 bits per heavy atom. The smallest absolute Gasteiger partial charge is 0.240 e. The molecule has 2 fully saturated rings. The number of nitrogens with zero attached hydrogens (tertiary/aromatic N) is 1. The molecule has 0 spiro atoms. The summed E-state index contributed by atoms with van der Waals surface area (Å²) in [6.45, 7) is 5.90. The average molecular weight is 169 g/mol. The Hall–Kier alpha value is -0.610. The summed E-state index contributed by atoms with van der Waals surface area (Å²) < 4.78 is 0. The van der Waals surface area contributed by atoms with Gasteiger partial charge in [-0.3, -0.25) is 4.79 Å². The van der Waals surface area contributed by atoms with E-state index in [0.717, 1.165) is 6.54 Å². The number of amides is 1. The molecule has 2 saturated heterocycles. The van der Waals surface area contributed by atoms with Crippen molar-refractivity contribution in [1.29, 1.82) is 0 Å². The summed E-state index contributed by atoms with van der Waals surface area (Å²) in [4.78, 5) is 11.4. The zero-order valence-electron chi connectivity index (χ0n) is 7.50. The first-order chi connectivity index (χ1) is 5.70. The molecule has 2 N–H and O–H groups in total. The first kappa shape index (κ1) is 8.01. The lowest BCUT2D eigenvalue weighted by Gasteiger charge is -2.31. The van der Waals surface area contributed by atoms with Gasteiger partial charge in [-0.2, -0.15) is 0 Å². The molecule has 0 aromatic heterocycles. The molecule has 0 aromatic carbocycles. The molecular weight excluding hydrogens is 154 g/mol. The second kappa shape index (κ2) is 2.71. The highest BCUT2D eigenvalue weighted by Crippen LogP contribution is 2.28. The van der Waals surface area contributed by atoms with Gasteiger partial charge in [0, 0.05) is 6.54 Å². The fraction of sp³-hybridized carbons (Fsp3) is 0.875. The monoisotopic (exact) mass is 169 g/mol. The van der Waals surface area contributed by atoms with Gasteiger partial charge >= 0.3 is 0 Å². The predicted octanol–water partition coefficient (Wildman–Crippen LogP) is -0.465. The maximum atomic E-state index is 11.4. The predicted molar refractivity (Wildman–Crippen MR) is 45.0 cm³/mol. The summed E-state index contributed by atoms with van der Waals surface area (Å²) >= 11 is 0. The number of fused-ring (bicyclic) bond motifs is 1. The van der Waals surface area contributed by atoms with Gasteiger partial charge in [-0.15, -0.1) is 0 Å². The number of carbonyl (C=O) groups is 1. The molecule has 4 nitrogen and oxygen atoms in total. The molecule has 0 bridgehead atoms. The molecule has 3 atom stereocenters. The minimum atomic E-state index is 0.0498. The van der Waals surface area contributed by atoms with Crippen molar-refractivity contribution in [2.24, 2.45) is 11.8 Å². The third-order valence-corrected chi connectivity index (χ3v) is 3.03. The molecule has 1 amide bonds. The molecule has 0 aromatic rings. The number of carbonyl (C=O) groups excluding carboxylic acids is 1. The van der Waals surface area contributed by atoms with E-state index in [1.807, 2.05) is 0 Å². The fourth-order valence-corrected chi connectivity index (χ4v) is 2.06. The highest BCUT2D eigenvalue weighted by atomic mass is 16.2. The molecular formula is C8H15N3O. The van der Waals surface area contributed by atoms with Crippen LogP contribution in [0.25, 0.3) is 0 Å². The van der Waals surface area contributed by atoms with Gasteiger partial charge in [-0.25, -0.2) is 10.4 Å². The van der Waals surface area contributed by atoms with Crippen molar-refractivity contribution in [3.63, 3.8) is 0 Å². The number of nitrogens with one attached hydrogen (secondary N) is 2. The Morgan fingerprint density at radius 3 is 2.92 bits per heavy atom. The highest BCUT2D eigenvalue weighted by molar-refractivity contribution is 5.82. The van der Waals surface area contributed by atoms with Crippen molar-refractivity contribution in [1.82, 2.24) is 15.8 Å². The van der Waals surface area contributed by atoms with E-state index in [0.29, 0.717) is 18.5 Å². The highest BCUT2D eigenvalue weighted by Gasteiger charge is 2.42. The van der Waals surface area contributed by atoms with Gasteiger partial charge in [0.05, 0.1) is 6.67 Å². The maximum Gasteiger partial charge on any atom is 0.240 e. The third-order valence-electron chi connectivity index (χ3n) is 3.03. The minimum Gasteiger partial charge on any atom is -0.341 e. The lowest BCUT2D eigenvalue weighted by Crippen LogP contribution is -2.60. The Balaban J connectivity index is 2.17. The fourth-order valence-electron chi connectivity index (χ4n) is 2.06. The maximum absolute atomic E-state index is 11.4. The first-order valence-electron chi connectivity index (χ1n) is 4.48. The van der Waals surface area contributed by atoms with Crippen molar-refractivity contribution in [3.05, 3.63) is 0 Å². The van der Waals surface area contributed by atoms with Crippen molar-refractivity contribution < 1.29 is 4.79 Å². The molecule has 2 aliphatic heterocycles. The normalized spacial score (nSPS) is 42.5. The van der Waals surface area contributed by atoms with Crippen molar-refractivity contribution in [3.8, 4) is 0 Å². The lowest BCUT2D eigenvalue weighted by atomic mass is 9.94. The van der Waals surface area contributed by atoms with Crippen LogP contribution in [0.1, 0.15) is 13.8 Å². The van der Waals surface area contributed by atoms with Crippen molar-refractivity contribution in [2.75, 3.05) is 13.2 Å². The van der Waals surface area contributed by atoms with Crippen LogP contribution in [0.4, 0.5) is 0 Å². The van der Waals surface area contributed by atoms with Crippen LogP contribution >= 0.6 is 0 Å². The van der Waals surface area contributed by atoms with Crippen LogP contribution < -0.4 is 10.7 Å². The number of rotatable bonds is 0. The molecule has 2 rings (SSSR count). The summed E-state index contributed by atoms with van der Waals surface area (Å²) in [5.74, 6) is 1.23. The van der Waals surface area contributed by atoms with E-state index in [1.54, 1.807) is 0 Å². The van der Waals surface area contributed by atoms with Crippen LogP contribution in [0.2, 0.25) is 0 Å². The van der Waals surface area contributed by atoms with E-state index in [9.17, 15) is 4.79 Å². The topological polar surface area (TPSA) is 44.4 Å². The average Bonchev–Trinajstić information content (AvgIpc) is 2.29. The minimum absolute atomic E-state index is 0.0498. The van der Waals surface area contributed by atoms with Crippen LogP contribution in [0, 0.1) is 11.8 Å². The van der Waals surface area contributed by atoms with E-state index in [-0.39, 0.29) is 11.9 Å². The number of hydrogen-bond acceptors (Lipinski definition) is 3. The van der Waals surface area contributed by atoms with E-state index in [4.69, 9.17) is 0 Å². The van der Waals surface area contributed by atoms with Gasteiger partial charge < -0.3 is 5.32 Å². The van der Waals surface area contributed by atoms with E-state index < -0.39 is 0 Å². The zero-order chi connectivity index (χ0) is 8.72. The zero-order valence-corrected chi connectivity index (χ0v) is 7.50. The Kier molecular flexibility index (Phi) is 1.81.